The standard InChI is InChI=1S/C16H18N2O/c17-10-4-6-11-5-1-2-9-14(11)18-16(19)15-12-7-3-8-13(12)15/h1-2,5,9,12-13,15H,3,7-8,10,17H2,(H,18,19). The lowest BCUT2D eigenvalue weighted by atomic mass is 10.1. The van der Waals surface area contributed by atoms with E-state index in [1.54, 1.807) is 0 Å². The molecule has 3 nitrogen and oxygen atoms in total. The van der Waals surface area contributed by atoms with Gasteiger partial charge in [-0.1, -0.05) is 30.4 Å². The number of carbonyl (C=O) groups excluding carboxylic acids is 1. The lowest BCUT2D eigenvalue weighted by molar-refractivity contribution is -0.118. The van der Waals surface area contributed by atoms with E-state index in [-0.39, 0.29) is 11.8 Å². The second-order valence-corrected chi connectivity index (χ2v) is 5.33. The average Bonchev–Trinajstić information content (AvgIpc) is 2.92. The zero-order chi connectivity index (χ0) is 13.2. The minimum Gasteiger partial charge on any atom is -0.325 e. The number of carbonyl (C=O) groups is 1. The first-order chi connectivity index (χ1) is 9.31. The van der Waals surface area contributed by atoms with Gasteiger partial charge in [0.15, 0.2) is 0 Å². The quantitative estimate of drug-likeness (QED) is 0.793. The van der Waals surface area contributed by atoms with Gasteiger partial charge in [0.1, 0.15) is 0 Å². The third kappa shape index (κ3) is 2.36. The van der Waals surface area contributed by atoms with Crippen LogP contribution in [0.3, 0.4) is 0 Å². The number of para-hydroxylation sites is 1. The van der Waals surface area contributed by atoms with Crippen molar-refractivity contribution in [2.45, 2.75) is 19.3 Å². The van der Waals surface area contributed by atoms with Crippen LogP contribution in [0, 0.1) is 29.6 Å². The number of nitrogens with one attached hydrogen (secondary N) is 1. The van der Waals surface area contributed by atoms with E-state index >= 15 is 0 Å². The molecule has 0 saturated heterocycles. The van der Waals surface area contributed by atoms with Crippen molar-refractivity contribution in [2.24, 2.45) is 23.5 Å². The van der Waals surface area contributed by atoms with Crippen LogP contribution in [0.2, 0.25) is 0 Å². The topological polar surface area (TPSA) is 55.1 Å². The van der Waals surface area contributed by atoms with Gasteiger partial charge in [0.25, 0.3) is 0 Å². The molecule has 1 aromatic rings. The maximum Gasteiger partial charge on any atom is 0.228 e. The van der Waals surface area contributed by atoms with Crippen LogP contribution in [0.15, 0.2) is 24.3 Å². The molecule has 2 aliphatic carbocycles. The Morgan fingerprint density at radius 1 is 1.32 bits per heavy atom. The van der Waals surface area contributed by atoms with Gasteiger partial charge in [-0.15, -0.1) is 0 Å². The number of benzene rings is 1. The van der Waals surface area contributed by atoms with Gasteiger partial charge in [-0.2, -0.15) is 0 Å². The van der Waals surface area contributed by atoms with Crippen molar-refractivity contribution in [3.8, 4) is 11.8 Å². The fourth-order valence-electron chi connectivity index (χ4n) is 3.27. The van der Waals surface area contributed by atoms with Gasteiger partial charge >= 0.3 is 0 Å². The van der Waals surface area contributed by atoms with Crippen LogP contribution in [0.4, 0.5) is 5.69 Å². The first-order valence-electron chi connectivity index (χ1n) is 6.90. The summed E-state index contributed by atoms with van der Waals surface area (Å²) in [5.74, 6) is 7.51. The minimum atomic E-state index is 0.164. The summed E-state index contributed by atoms with van der Waals surface area (Å²) in [6.45, 7) is 0.328. The molecule has 2 aliphatic rings. The van der Waals surface area contributed by atoms with Gasteiger partial charge in [0.2, 0.25) is 5.91 Å². The highest BCUT2D eigenvalue weighted by Crippen LogP contribution is 2.57. The van der Waals surface area contributed by atoms with Gasteiger partial charge in [-0.05, 0) is 36.8 Å². The maximum atomic E-state index is 12.2. The van der Waals surface area contributed by atoms with Crippen molar-refractivity contribution in [1.82, 2.24) is 0 Å². The van der Waals surface area contributed by atoms with Crippen molar-refractivity contribution in [1.29, 1.82) is 0 Å². The predicted molar refractivity (Wildman–Crippen MR) is 75.3 cm³/mol. The van der Waals surface area contributed by atoms with E-state index in [9.17, 15) is 4.79 Å². The molecule has 2 saturated carbocycles. The molecule has 0 heterocycles. The van der Waals surface area contributed by atoms with Crippen LogP contribution in [-0.2, 0) is 4.79 Å². The molecule has 3 rings (SSSR count). The number of fused-ring (bicyclic) bond motifs is 1. The summed E-state index contributed by atoms with van der Waals surface area (Å²) in [6.07, 6.45) is 3.73. The van der Waals surface area contributed by atoms with Gasteiger partial charge in [-0.3, -0.25) is 4.79 Å². The Morgan fingerprint density at radius 3 is 2.79 bits per heavy atom. The Hall–Kier alpha value is -1.79. The van der Waals surface area contributed by atoms with Crippen LogP contribution < -0.4 is 11.1 Å². The van der Waals surface area contributed by atoms with Crippen LogP contribution in [0.5, 0.6) is 0 Å². The molecule has 2 fully saturated rings. The molecule has 3 N–H and O–H groups in total. The second kappa shape index (κ2) is 5.07. The minimum absolute atomic E-state index is 0.164. The third-order valence-electron chi connectivity index (χ3n) is 4.22. The molecule has 2 atom stereocenters. The molecule has 0 aromatic heterocycles. The van der Waals surface area contributed by atoms with Gasteiger partial charge in [0, 0.05) is 11.5 Å². The molecular weight excluding hydrogens is 236 g/mol. The van der Waals surface area contributed by atoms with E-state index in [1.807, 2.05) is 24.3 Å². The van der Waals surface area contributed by atoms with Crippen molar-refractivity contribution < 1.29 is 4.79 Å². The second-order valence-electron chi connectivity index (χ2n) is 5.33. The smallest absolute Gasteiger partial charge is 0.228 e. The van der Waals surface area contributed by atoms with E-state index in [1.165, 1.54) is 19.3 Å². The van der Waals surface area contributed by atoms with Crippen molar-refractivity contribution >= 4 is 11.6 Å². The highest BCUT2D eigenvalue weighted by Gasteiger charge is 2.56. The van der Waals surface area contributed by atoms with Crippen molar-refractivity contribution in [3.63, 3.8) is 0 Å². The van der Waals surface area contributed by atoms with Crippen LogP contribution in [-0.4, -0.2) is 12.5 Å². The normalized spacial score (nSPS) is 27.1. The van der Waals surface area contributed by atoms with E-state index < -0.39 is 0 Å². The summed E-state index contributed by atoms with van der Waals surface area (Å²) < 4.78 is 0. The highest BCUT2D eigenvalue weighted by atomic mass is 16.2. The van der Waals surface area contributed by atoms with E-state index in [2.05, 4.69) is 17.2 Å². The summed E-state index contributed by atoms with van der Waals surface area (Å²) in [5, 5.41) is 3.03. The zero-order valence-corrected chi connectivity index (χ0v) is 10.9. The summed E-state index contributed by atoms with van der Waals surface area (Å²) in [6, 6.07) is 7.64. The Labute approximate surface area is 113 Å². The SMILES string of the molecule is NCC#Cc1ccccc1NC(=O)C1C2CCCC21. The number of rotatable bonds is 2. The molecule has 98 valence electrons. The number of hydrogen-bond donors (Lipinski definition) is 2. The summed E-state index contributed by atoms with van der Waals surface area (Å²) in [7, 11) is 0. The number of nitrogens with two attached hydrogens (primary N) is 1. The molecule has 0 radical (unpaired) electrons. The fraction of sp³-hybridized carbons (Fsp3) is 0.438. The molecule has 2 unspecified atom stereocenters. The van der Waals surface area contributed by atoms with E-state index in [0.29, 0.717) is 18.4 Å². The molecule has 1 amide bonds. The van der Waals surface area contributed by atoms with Crippen LogP contribution in [0.25, 0.3) is 0 Å². The Morgan fingerprint density at radius 2 is 2.05 bits per heavy atom. The van der Waals surface area contributed by atoms with E-state index in [0.717, 1.165) is 11.3 Å². The highest BCUT2D eigenvalue weighted by molar-refractivity contribution is 5.96. The first-order valence-corrected chi connectivity index (χ1v) is 6.90. The van der Waals surface area contributed by atoms with Crippen molar-refractivity contribution in [2.75, 3.05) is 11.9 Å². The van der Waals surface area contributed by atoms with Crippen molar-refractivity contribution in [3.05, 3.63) is 29.8 Å². The molecule has 0 bridgehead atoms. The lowest BCUT2D eigenvalue weighted by Crippen LogP contribution is -2.17. The predicted octanol–water partition coefficient (Wildman–Crippen LogP) is 1.98. The third-order valence-corrected chi connectivity index (χ3v) is 4.22. The van der Waals surface area contributed by atoms with Gasteiger partial charge in [-0.25, -0.2) is 0 Å². The molecule has 0 spiro atoms. The van der Waals surface area contributed by atoms with E-state index in [4.69, 9.17) is 5.73 Å². The zero-order valence-electron chi connectivity index (χ0n) is 10.9. The largest absolute Gasteiger partial charge is 0.325 e. The molecule has 3 heteroatoms. The number of amides is 1. The Kier molecular flexibility index (Phi) is 3.27. The molecular formula is C16H18N2O. The summed E-state index contributed by atoms with van der Waals surface area (Å²) in [5.41, 5.74) is 7.03. The summed E-state index contributed by atoms with van der Waals surface area (Å²) in [4.78, 5) is 12.2. The Balaban J connectivity index is 1.71. The fourth-order valence-corrected chi connectivity index (χ4v) is 3.27. The first kappa shape index (κ1) is 12.3. The maximum absolute atomic E-state index is 12.2. The van der Waals surface area contributed by atoms with Gasteiger partial charge in [0.05, 0.1) is 12.2 Å². The average molecular weight is 254 g/mol. The number of anilines is 1. The van der Waals surface area contributed by atoms with Crippen LogP contribution in [0.1, 0.15) is 24.8 Å². The summed E-state index contributed by atoms with van der Waals surface area (Å²) >= 11 is 0. The molecule has 19 heavy (non-hydrogen) atoms. The lowest BCUT2D eigenvalue weighted by Gasteiger charge is -2.08. The molecule has 1 aromatic carbocycles. The molecule has 0 aliphatic heterocycles. The van der Waals surface area contributed by atoms with Crippen LogP contribution >= 0.6 is 0 Å². The number of hydrogen-bond acceptors (Lipinski definition) is 2. The monoisotopic (exact) mass is 254 g/mol. The van der Waals surface area contributed by atoms with Gasteiger partial charge < -0.3 is 11.1 Å². The Bertz CT molecular complexity index is 545.